The lowest BCUT2D eigenvalue weighted by Crippen LogP contribution is -2.27. The number of hydrogen-bond donors (Lipinski definition) is 0. The smallest absolute Gasteiger partial charge is 0.177 e. The molecule has 1 saturated heterocycles. The first-order valence-corrected chi connectivity index (χ1v) is 4.01. The molecule has 0 aromatic carbocycles. The number of alkyl halides is 1. The number of ketones is 1. The van der Waals surface area contributed by atoms with Crippen LogP contribution in [0.1, 0.15) is 6.92 Å². The fraction of sp³-hybridized carbons (Fsp3) is 0.833. The van der Waals surface area contributed by atoms with Gasteiger partial charge in [0.2, 0.25) is 0 Å². The van der Waals surface area contributed by atoms with Crippen molar-refractivity contribution >= 4 is 21.7 Å². The molecule has 0 bridgehead atoms. The molecule has 0 aromatic rings. The number of Topliss-reactive ketones (excluding diaryl/α,β-unsaturated/α-hetero) is 1. The van der Waals surface area contributed by atoms with Crippen LogP contribution in [-0.2, 0) is 14.3 Å². The zero-order valence-electron chi connectivity index (χ0n) is 5.67. The van der Waals surface area contributed by atoms with Crippen LogP contribution in [0.25, 0.3) is 0 Å². The van der Waals surface area contributed by atoms with Gasteiger partial charge in [0.25, 0.3) is 0 Å². The minimum atomic E-state index is -0.377. The first-order chi connectivity index (χ1) is 4.72. The van der Waals surface area contributed by atoms with E-state index in [-0.39, 0.29) is 16.9 Å². The Balaban J connectivity index is 2.39. The van der Waals surface area contributed by atoms with Gasteiger partial charge < -0.3 is 9.47 Å². The summed E-state index contributed by atoms with van der Waals surface area (Å²) < 4.78 is 10.2. The highest BCUT2D eigenvalue weighted by molar-refractivity contribution is 9.10. The molecule has 0 N–H and O–H groups in total. The Hall–Kier alpha value is 0.0700. The summed E-state index contributed by atoms with van der Waals surface area (Å²) in [6.07, 6.45) is -0.377. The molecule has 4 heteroatoms. The molecule has 0 amide bonds. The molecule has 10 heavy (non-hydrogen) atoms. The summed E-state index contributed by atoms with van der Waals surface area (Å²) in [6, 6.07) is 0. The average molecular weight is 209 g/mol. The summed E-state index contributed by atoms with van der Waals surface area (Å²) in [7, 11) is 0. The van der Waals surface area contributed by atoms with E-state index in [1.54, 1.807) is 0 Å². The lowest BCUT2D eigenvalue weighted by molar-refractivity contribution is -0.123. The van der Waals surface area contributed by atoms with E-state index in [4.69, 9.17) is 9.47 Å². The maximum atomic E-state index is 10.7. The molecular formula is C6H9BrO3. The summed E-state index contributed by atoms with van der Waals surface area (Å²) >= 11 is 3.17. The van der Waals surface area contributed by atoms with Crippen molar-refractivity contribution in [1.29, 1.82) is 0 Å². The Kier molecular flexibility index (Phi) is 2.82. The van der Waals surface area contributed by atoms with Crippen molar-refractivity contribution in [1.82, 2.24) is 0 Å². The number of carbonyl (C=O) groups excluding carboxylic acids is 1. The normalized spacial score (nSPS) is 23.0. The summed E-state index contributed by atoms with van der Waals surface area (Å²) in [5.41, 5.74) is 0. The summed E-state index contributed by atoms with van der Waals surface area (Å²) in [5, 5.41) is 0. The van der Waals surface area contributed by atoms with E-state index in [2.05, 4.69) is 15.9 Å². The Morgan fingerprint density at radius 2 is 2.10 bits per heavy atom. The molecule has 1 fully saturated rings. The second-order valence-corrected chi connectivity index (χ2v) is 3.11. The van der Waals surface area contributed by atoms with Crippen LogP contribution in [0.5, 0.6) is 0 Å². The van der Waals surface area contributed by atoms with Gasteiger partial charge in [0.1, 0.15) is 10.6 Å². The number of carbonyl (C=O) groups is 1. The average Bonchev–Trinajstić information content (AvgIpc) is 2.36. The van der Waals surface area contributed by atoms with Gasteiger partial charge in [-0.2, -0.15) is 0 Å². The van der Waals surface area contributed by atoms with E-state index in [9.17, 15) is 4.79 Å². The largest absolute Gasteiger partial charge is 0.349 e. The van der Waals surface area contributed by atoms with Crippen molar-refractivity contribution in [2.75, 3.05) is 13.2 Å². The van der Waals surface area contributed by atoms with E-state index < -0.39 is 0 Å². The maximum absolute atomic E-state index is 10.7. The van der Waals surface area contributed by atoms with Gasteiger partial charge in [-0.05, 0) is 6.92 Å². The molecule has 0 aliphatic carbocycles. The molecule has 0 radical (unpaired) electrons. The SMILES string of the molecule is CC(=O)C(Br)C1OCCO1. The topological polar surface area (TPSA) is 35.5 Å². The second-order valence-electron chi connectivity index (χ2n) is 2.12. The Labute approximate surface area is 67.8 Å². The van der Waals surface area contributed by atoms with E-state index in [1.165, 1.54) is 6.92 Å². The molecule has 0 saturated carbocycles. The van der Waals surface area contributed by atoms with Crippen LogP contribution in [-0.4, -0.2) is 30.1 Å². The van der Waals surface area contributed by atoms with E-state index in [0.29, 0.717) is 13.2 Å². The van der Waals surface area contributed by atoms with Crippen molar-refractivity contribution in [2.45, 2.75) is 18.0 Å². The van der Waals surface area contributed by atoms with Crippen LogP contribution < -0.4 is 0 Å². The van der Waals surface area contributed by atoms with Crippen LogP contribution in [0, 0.1) is 0 Å². The van der Waals surface area contributed by atoms with Crippen LogP contribution in [0.2, 0.25) is 0 Å². The van der Waals surface area contributed by atoms with Crippen molar-refractivity contribution in [3.05, 3.63) is 0 Å². The summed E-state index contributed by atoms with van der Waals surface area (Å²) in [6.45, 7) is 2.67. The molecule has 1 rings (SSSR count). The molecular weight excluding hydrogens is 200 g/mol. The van der Waals surface area contributed by atoms with Gasteiger partial charge in [0, 0.05) is 0 Å². The maximum Gasteiger partial charge on any atom is 0.177 e. The number of halogens is 1. The Morgan fingerprint density at radius 1 is 1.60 bits per heavy atom. The lowest BCUT2D eigenvalue weighted by Gasteiger charge is -2.12. The summed E-state index contributed by atoms with van der Waals surface area (Å²) in [5.74, 6) is 0.0342. The van der Waals surface area contributed by atoms with Gasteiger partial charge in [-0.25, -0.2) is 0 Å². The van der Waals surface area contributed by atoms with Crippen molar-refractivity contribution in [3.8, 4) is 0 Å². The van der Waals surface area contributed by atoms with E-state index in [1.807, 2.05) is 0 Å². The van der Waals surface area contributed by atoms with E-state index in [0.717, 1.165) is 0 Å². The van der Waals surface area contributed by atoms with Gasteiger partial charge >= 0.3 is 0 Å². The van der Waals surface area contributed by atoms with Crippen molar-refractivity contribution < 1.29 is 14.3 Å². The van der Waals surface area contributed by atoms with Gasteiger partial charge in [0.15, 0.2) is 6.29 Å². The molecule has 58 valence electrons. The van der Waals surface area contributed by atoms with Crippen LogP contribution in [0.4, 0.5) is 0 Å². The fourth-order valence-electron chi connectivity index (χ4n) is 0.737. The number of rotatable bonds is 2. The van der Waals surface area contributed by atoms with Crippen molar-refractivity contribution in [3.63, 3.8) is 0 Å². The molecule has 1 unspecified atom stereocenters. The predicted molar refractivity (Wildman–Crippen MR) is 39.1 cm³/mol. The predicted octanol–water partition coefficient (Wildman–Crippen LogP) is 0.712. The Bertz CT molecular complexity index is 131. The molecule has 3 nitrogen and oxygen atoms in total. The molecule has 0 aromatic heterocycles. The first kappa shape index (κ1) is 8.17. The standard InChI is InChI=1S/C6H9BrO3/c1-4(8)5(7)6-9-2-3-10-6/h5-6H,2-3H2,1H3. The quantitative estimate of drug-likeness (QED) is 0.628. The summed E-state index contributed by atoms with van der Waals surface area (Å²) in [4.78, 5) is 10.4. The minimum absolute atomic E-state index is 0.0342. The highest BCUT2D eigenvalue weighted by Crippen LogP contribution is 2.15. The van der Waals surface area contributed by atoms with Gasteiger partial charge in [-0.3, -0.25) is 4.79 Å². The van der Waals surface area contributed by atoms with E-state index >= 15 is 0 Å². The van der Waals surface area contributed by atoms with Crippen LogP contribution >= 0.6 is 15.9 Å². The zero-order valence-corrected chi connectivity index (χ0v) is 7.26. The third kappa shape index (κ3) is 1.78. The third-order valence-electron chi connectivity index (χ3n) is 1.27. The minimum Gasteiger partial charge on any atom is -0.349 e. The molecule has 1 aliphatic rings. The zero-order chi connectivity index (χ0) is 7.56. The molecule has 1 atom stereocenters. The van der Waals surface area contributed by atoms with Crippen LogP contribution in [0.15, 0.2) is 0 Å². The monoisotopic (exact) mass is 208 g/mol. The van der Waals surface area contributed by atoms with Gasteiger partial charge in [0.05, 0.1) is 13.2 Å². The molecule has 1 heterocycles. The highest BCUT2D eigenvalue weighted by atomic mass is 79.9. The fourth-order valence-corrected chi connectivity index (χ4v) is 1.04. The Morgan fingerprint density at radius 3 is 2.50 bits per heavy atom. The van der Waals surface area contributed by atoms with Crippen molar-refractivity contribution in [2.24, 2.45) is 0 Å². The van der Waals surface area contributed by atoms with Gasteiger partial charge in [-0.15, -0.1) is 0 Å². The number of hydrogen-bond acceptors (Lipinski definition) is 3. The third-order valence-corrected chi connectivity index (χ3v) is 2.35. The lowest BCUT2D eigenvalue weighted by atomic mass is 10.3. The van der Waals surface area contributed by atoms with Gasteiger partial charge in [-0.1, -0.05) is 15.9 Å². The molecule has 0 spiro atoms. The van der Waals surface area contributed by atoms with Crippen LogP contribution in [0.3, 0.4) is 0 Å². The first-order valence-electron chi connectivity index (χ1n) is 3.09. The second kappa shape index (κ2) is 3.46. The highest BCUT2D eigenvalue weighted by Gasteiger charge is 2.27. The molecule has 1 aliphatic heterocycles. The number of ether oxygens (including phenoxy) is 2.